The molecular weight excluding hydrogens is 273 g/mol. The van der Waals surface area contributed by atoms with E-state index in [0.717, 1.165) is 0 Å². The van der Waals surface area contributed by atoms with Crippen LogP contribution in [0.5, 0.6) is 0 Å². The number of hydrogen-bond acceptors (Lipinski definition) is 3. The Labute approximate surface area is 121 Å². The minimum absolute atomic E-state index is 0. The Kier molecular flexibility index (Phi) is 8.99. The summed E-state index contributed by atoms with van der Waals surface area (Å²) in [5.41, 5.74) is 6.25. The average molecular weight is 294 g/mol. The normalized spacial score (nSPS) is 10.0. The monoisotopic (exact) mass is 293 g/mol. The molecule has 0 spiro atoms. The Morgan fingerprint density at radius 3 is 2.28 bits per heavy atom. The van der Waals surface area contributed by atoms with Gasteiger partial charge in [-0.05, 0) is 24.1 Å². The molecule has 0 fully saturated rings. The third-order valence-electron chi connectivity index (χ3n) is 2.49. The molecule has 18 heavy (non-hydrogen) atoms. The number of hydrogen-bond donors (Lipinski definition) is 1. The Balaban J connectivity index is 0. The molecule has 2 N–H and O–H groups in total. The Bertz CT molecular complexity index is 358. The fraction of sp³-hybridized carbons (Fsp3) is 0.500. The van der Waals surface area contributed by atoms with Crippen molar-refractivity contribution in [2.75, 3.05) is 20.1 Å². The van der Waals surface area contributed by atoms with E-state index in [1.165, 1.54) is 0 Å². The highest BCUT2D eigenvalue weighted by Gasteiger charge is 2.21. The van der Waals surface area contributed by atoms with Gasteiger partial charge < -0.3 is 10.6 Å². The number of nitrogens with zero attached hydrogens (tertiary/aromatic N) is 2. The molecule has 1 aromatic heterocycles. The largest absolute Gasteiger partial charge is 0.341 e. The van der Waals surface area contributed by atoms with Crippen molar-refractivity contribution in [3.8, 4) is 0 Å². The van der Waals surface area contributed by atoms with Gasteiger partial charge in [0.15, 0.2) is 0 Å². The predicted molar refractivity (Wildman–Crippen MR) is 78.5 cm³/mol. The number of aromatic nitrogens is 1. The van der Waals surface area contributed by atoms with Crippen LogP contribution < -0.4 is 5.73 Å². The molecule has 1 aromatic rings. The van der Waals surface area contributed by atoms with Gasteiger partial charge in [-0.1, -0.05) is 13.8 Å². The molecule has 0 saturated heterocycles. The first kappa shape index (κ1) is 19.5. The van der Waals surface area contributed by atoms with Crippen molar-refractivity contribution < 1.29 is 4.79 Å². The van der Waals surface area contributed by atoms with E-state index < -0.39 is 0 Å². The summed E-state index contributed by atoms with van der Waals surface area (Å²) in [5.74, 6) is 0.00363. The summed E-state index contributed by atoms with van der Waals surface area (Å²) in [4.78, 5) is 17.6. The molecule has 0 aliphatic carbocycles. The number of rotatable bonds is 4. The van der Waals surface area contributed by atoms with E-state index in [1.54, 1.807) is 36.5 Å². The molecule has 0 atom stereocenters. The van der Waals surface area contributed by atoms with Gasteiger partial charge in [-0.2, -0.15) is 0 Å². The molecule has 0 aliphatic heterocycles. The standard InChI is InChI=1S/C12H19N3O.2ClH/c1-12(2,8-13)9-15(3)11(16)10-4-6-14-7-5-10;;/h4-7H,8-9,13H2,1-3H3;2*1H. The molecule has 1 heterocycles. The number of pyridine rings is 1. The lowest BCUT2D eigenvalue weighted by Crippen LogP contribution is -2.39. The number of amides is 1. The summed E-state index contributed by atoms with van der Waals surface area (Å²) >= 11 is 0. The molecule has 104 valence electrons. The Morgan fingerprint density at radius 2 is 1.83 bits per heavy atom. The molecule has 0 unspecified atom stereocenters. The zero-order valence-corrected chi connectivity index (χ0v) is 12.6. The van der Waals surface area contributed by atoms with E-state index in [2.05, 4.69) is 4.98 Å². The molecule has 4 nitrogen and oxygen atoms in total. The summed E-state index contributed by atoms with van der Waals surface area (Å²) in [6.07, 6.45) is 3.24. The SMILES string of the molecule is CN(CC(C)(C)CN)C(=O)c1ccncc1.Cl.Cl. The van der Waals surface area contributed by atoms with Gasteiger partial charge in [-0.15, -0.1) is 24.8 Å². The summed E-state index contributed by atoms with van der Waals surface area (Å²) in [7, 11) is 1.79. The highest BCUT2D eigenvalue weighted by molar-refractivity contribution is 5.93. The molecule has 0 aromatic carbocycles. The highest BCUT2D eigenvalue weighted by Crippen LogP contribution is 2.15. The predicted octanol–water partition coefficient (Wildman–Crippen LogP) is 1.98. The van der Waals surface area contributed by atoms with Crippen LogP contribution in [0.2, 0.25) is 0 Å². The molecule has 6 heteroatoms. The van der Waals surface area contributed by atoms with E-state index in [4.69, 9.17) is 5.73 Å². The number of halogens is 2. The first-order chi connectivity index (χ1) is 7.46. The van der Waals surface area contributed by atoms with Crippen molar-refractivity contribution >= 4 is 30.7 Å². The first-order valence-electron chi connectivity index (χ1n) is 5.32. The van der Waals surface area contributed by atoms with Crippen LogP contribution in [0.1, 0.15) is 24.2 Å². The fourth-order valence-corrected chi connectivity index (χ4v) is 1.49. The third-order valence-corrected chi connectivity index (χ3v) is 2.49. The number of carbonyl (C=O) groups excluding carboxylic acids is 1. The van der Waals surface area contributed by atoms with Crippen LogP contribution >= 0.6 is 24.8 Å². The zero-order chi connectivity index (χ0) is 12.2. The van der Waals surface area contributed by atoms with Crippen LogP contribution in [-0.2, 0) is 0 Å². The van der Waals surface area contributed by atoms with Crippen LogP contribution in [0.25, 0.3) is 0 Å². The maximum atomic E-state index is 12.0. The summed E-state index contributed by atoms with van der Waals surface area (Å²) < 4.78 is 0. The van der Waals surface area contributed by atoms with Gasteiger partial charge in [0, 0.05) is 31.5 Å². The lowest BCUT2D eigenvalue weighted by Gasteiger charge is -2.29. The average Bonchev–Trinajstić information content (AvgIpc) is 2.28. The lowest BCUT2D eigenvalue weighted by molar-refractivity contribution is 0.0740. The van der Waals surface area contributed by atoms with Gasteiger partial charge in [0.25, 0.3) is 5.91 Å². The van der Waals surface area contributed by atoms with Crippen molar-refractivity contribution in [1.29, 1.82) is 0 Å². The van der Waals surface area contributed by atoms with Crippen molar-refractivity contribution in [3.05, 3.63) is 30.1 Å². The number of nitrogens with two attached hydrogens (primary N) is 1. The zero-order valence-electron chi connectivity index (χ0n) is 10.9. The van der Waals surface area contributed by atoms with Crippen molar-refractivity contribution in [3.63, 3.8) is 0 Å². The maximum Gasteiger partial charge on any atom is 0.253 e. The van der Waals surface area contributed by atoms with Gasteiger partial charge in [-0.25, -0.2) is 0 Å². The van der Waals surface area contributed by atoms with Crippen molar-refractivity contribution in [2.45, 2.75) is 13.8 Å². The van der Waals surface area contributed by atoms with E-state index >= 15 is 0 Å². The molecule has 0 bridgehead atoms. The van der Waals surface area contributed by atoms with E-state index in [1.807, 2.05) is 13.8 Å². The van der Waals surface area contributed by atoms with E-state index in [9.17, 15) is 4.79 Å². The Morgan fingerprint density at radius 1 is 1.33 bits per heavy atom. The summed E-state index contributed by atoms with van der Waals surface area (Å²) in [6.45, 7) is 5.29. The van der Waals surface area contributed by atoms with E-state index in [-0.39, 0.29) is 36.1 Å². The van der Waals surface area contributed by atoms with Crippen molar-refractivity contribution in [2.24, 2.45) is 11.1 Å². The number of carbonyl (C=O) groups is 1. The first-order valence-corrected chi connectivity index (χ1v) is 5.32. The second-order valence-electron chi connectivity index (χ2n) is 4.77. The van der Waals surface area contributed by atoms with Crippen LogP contribution in [0.4, 0.5) is 0 Å². The van der Waals surface area contributed by atoms with Crippen LogP contribution in [-0.4, -0.2) is 35.9 Å². The second kappa shape index (κ2) is 8.29. The highest BCUT2D eigenvalue weighted by atomic mass is 35.5. The third kappa shape index (κ3) is 5.67. The van der Waals surface area contributed by atoms with Crippen LogP contribution in [0.3, 0.4) is 0 Å². The Hall–Kier alpha value is -0.840. The van der Waals surface area contributed by atoms with E-state index in [0.29, 0.717) is 18.7 Å². The molecule has 0 aliphatic rings. The second-order valence-corrected chi connectivity index (χ2v) is 4.77. The molecule has 0 radical (unpaired) electrons. The smallest absolute Gasteiger partial charge is 0.253 e. The van der Waals surface area contributed by atoms with Crippen molar-refractivity contribution in [1.82, 2.24) is 9.88 Å². The molecule has 1 rings (SSSR count). The molecular formula is C12H21Cl2N3O. The maximum absolute atomic E-state index is 12.0. The van der Waals surface area contributed by atoms with Gasteiger partial charge in [0.2, 0.25) is 0 Å². The van der Waals surface area contributed by atoms with Crippen LogP contribution in [0.15, 0.2) is 24.5 Å². The van der Waals surface area contributed by atoms with Crippen LogP contribution in [0, 0.1) is 5.41 Å². The minimum atomic E-state index is -0.0581. The fourth-order valence-electron chi connectivity index (χ4n) is 1.49. The lowest BCUT2D eigenvalue weighted by atomic mass is 9.93. The van der Waals surface area contributed by atoms with Gasteiger partial charge in [-0.3, -0.25) is 9.78 Å². The van der Waals surface area contributed by atoms with Gasteiger partial charge in [0.1, 0.15) is 0 Å². The summed E-state index contributed by atoms with van der Waals surface area (Å²) in [6, 6.07) is 3.43. The minimum Gasteiger partial charge on any atom is -0.341 e. The van der Waals surface area contributed by atoms with Gasteiger partial charge in [0.05, 0.1) is 0 Å². The summed E-state index contributed by atoms with van der Waals surface area (Å²) in [5, 5.41) is 0. The molecule has 0 saturated carbocycles. The topological polar surface area (TPSA) is 59.2 Å². The van der Waals surface area contributed by atoms with Gasteiger partial charge >= 0.3 is 0 Å². The molecule has 1 amide bonds. The quantitative estimate of drug-likeness (QED) is 0.923.